The Kier molecular flexibility index (Phi) is 4.53. The first kappa shape index (κ1) is 16.2. The highest BCUT2D eigenvalue weighted by molar-refractivity contribution is 5.88. The second-order valence-electron chi connectivity index (χ2n) is 6.47. The third kappa shape index (κ3) is 3.04. The van der Waals surface area contributed by atoms with E-state index < -0.39 is 0 Å². The van der Waals surface area contributed by atoms with Crippen LogP contribution < -0.4 is 4.90 Å². The van der Waals surface area contributed by atoms with Crippen LogP contribution in [0.3, 0.4) is 0 Å². The van der Waals surface area contributed by atoms with E-state index in [1.165, 1.54) is 0 Å². The van der Waals surface area contributed by atoms with Crippen molar-refractivity contribution >= 4 is 16.9 Å². The fourth-order valence-corrected chi connectivity index (χ4v) is 3.39. The Bertz CT molecular complexity index is 686. The van der Waals surface area contributed by atoms with Crippen LogP contribution in [0.25, 0.3) is 11.0 Å². The molecule has 0 aromatic carbocycles. The lowest BCUT2D eigenvalue weighted by Gasteiger charge is -2.36. The highest BCUT2D eigenvalue weighted by atomic mass is 16.5. The van der Waals surface area contributed by atoms with Crippen LogP contribution in [0, 0.1) is 6.92 Å². The molecule has 2 aromatic heterocycles. The third-order valence-corrected chi connectivity index (χ3v) is 4.28. The van der Waals surface area contributed by atoms with Gasteiger partial charge in [-0.1, -0.05) is 6.92 Å². The molecule has 0 bridgehead atoms. The number of nitrogens with zero attached hydrogens (tertiary/aromatic N) is 5. The molecule has 6 nitrogen and oxygen atoms in total. The fourth-order valence-electron chi connectivity index (χ4n) is 3.39. The van der Waals surface area contributed by atoms with Gasteiger partial charge in [-0.3, -0.25) is 4.68 Å². The standard InChI is InChI=1S/C17H27N5O/c1-6-8-14-18-15-13(5)20-22(7-2)16(15)17(19-14)21-9-11(3)23-12(4)10-21/h11-12H,6-10H2,1-5H3. The summed E-state index contributed by atoms with van der Waals surface area (Å²) < 4.78 is 7.91. The summed E-state index contributed by atoms with van der Waals surface area (Å²) in [7, 11) is 0. The molecule has 1 aliphatic rings. The van der Waals surface area contributed by atoms with E-state index in [-0.39, 0.29) is 12.2 Å². The van der Waals surface area contributed by atoms with Gasteiger partial charge in [0.15, 0.2) is 5.82 Å². The number of hydrogen-bond donors (Lipinski definition) is 0. The zero-order valence-electron chi connectivity index (χ0n) is 14.8. The SMILES string of the molecule is CCCc1nc(N2CC(C)OC(C)C2)c2c(n1)c(C)nn2CC. The number of rotatable bonds is 4. The number of morpholine rings is 1. The van der Waals surface area contributed by atoms with Crippen LogP contribution in [0.5, 0.6) is 0 Å². The number of ether oxygens (including phenoxy) is 1. The van der Waals surface area contributed by atoms with Gasteiger partial charge >= 0.3 is 0 Å². The molecular weight excluding hydrogens is 290 g/mol. The molecule has 1 aliphatic heterocycles. The third-order valence-electron chi connectivity index (χ3n) is 4.28. The maximum absolute atomic E-state index is 5.88. The summed E-state index contributed by atoms with van der Waals surface area (Å²) in [4.78, 5) is 12.0. The van der Waals surface area contributed by atoms with E-state index in [1.54, 1.807) is 0 Å². The zero-order chi connectivity index (χ0) is 16.6. The highest BCUT2D eigenvalue weighted by Gasteiger charge is 2.27. The van der Waals surface area contributed by atoms with Crippen molar-refractivity contribution in [2.45, 2.75) is 66.2 Å². The smallest absolute Gasteiger partial charge is 0.158 e. The minimum atomic E-state index is 0.206. The van der Waals surface area contributed by atoms with Crippen LogP contribution in [-0.2, 0) is 17.7 Å². The van der Waals surface area contributed by atoms with Gasteiger partial charge in [-0.15, -0.1) is 0 Å². The molecule has 2 atom stereocenters. The lowest BCUT2D eigenvalue weighted by molar-refractivity contribution is -0.00540. The Balaban J connectivity index is 2.16. The first-order chi connectivity index (χ1) is 11.0. The molecule has 3 heterocycles. The molecule has 0 amide bonds. The summed E-state index contributed by atoms with van der Waals surface area (Å²) in [6, 6.07) is 0. The van der Waals surface area contributed by atoms with Crippen molar-refractivity contribution < 1.29 is 4.74 Å². The van der Waals surface area contributed by atoms with Gasteiger partial charge in [0.2, 0.25) is 0 Å². The average Bonchev–Trinajstić information content (AvgIpc) is 2.82. The molecule has 3 rings (SSSR count). The van der Waals surface area contributed by atoms with Gasteiger partial charge in [0.05, 0.1) is 17.9 Å². The minimum absolute atomic E-state index is 0.206. The summed E-state index contributed by atoms with van der Waals surface area (Å²) in [5, 5.41) is 4.66. The first-order valence-electron chi connectivity index (χ1n) is 8.67. The molecule has 0 spiro atoms. The van der Waals surface area contributed by atoms with Gasteiger partial charge in [-0.25, -0.2) is 9.97 Å². The van der Waals surface area contributed by atoms with Crippen molar-refractivity contribution in [3.63, 3.8) is 0 Å². The Hall–Kier alpha value is -1.69. The molecule has 0 aliphatic carbocycles. The predicted molar refractivity (Wildman–Crippen MR) is 92.0 cm³/mol. The van der Waals surface area contributed by atoms with E-state index in [0.717, 1.165) is 60.8 Å². The number of aromatic nitrogens is 4. The second-order valence-corrected chi connectivity index (χ2v) is 6.47. The van der Waals surface area contributed by atoms with Crippen LogP contribution in [0.1, 0.15) is 45.6 Å². The second kappa shape index (κ2) is 6.43. The Labute approximate surface area is 137 Å². The zero-order valence-corrected chi connectivity index (χ0v) is 14.8. The van der Waals surface area contributed by atoms with Gasteiger partial charge in [0.1, 0.15) is 16.9 Å². The van der Waals surface area contributed by atoms with E-state index in [9.17, 15) is 0 Å². The van der Waals surface area contributed by atoms with Crippen molar-refractivity contribution in [2.75, 3.05) is 18.0 Å². The van der Waals surface area contributed by atoms with Crippen LogP contribution in [-0.4, -0.2) is 45.0 Å². The average molecular weight is 317 g/mol. The fraction of sp³-hybridized carbons (Fsp3) is 0.706. The number of hydrogen-bond acceptors (Lipinski definition) is 5. The molecule has 126 valence electrons. The van der Waals surface area contributed by atoms with E-state index in [2.05, 4.69) is 37.7 Å². The lowest BCUT2D eigenvalue weighted by Crippen LogP contribution is -2.46. The molecule has 6 heteroatoms. The molecule has 2 unspecified atom stereocenters. The molecule has 2 aromatic rings. The highest BCUT2D eigenvalue weighted by Crippen LogP contribution is 2.28. The van der Waals surface area contributed by atoms with E-state index >= 15 is 0 Å². The first-order valence-corrected chi connectivity index (χ1v) is 8.67. The van der Waals surface area contributed by atoms with Crippen molar-refractivity contribution in [1.82, 2.24) is 19.7 Å². The summed E-state index contributed by atoms with van der Waals surface area (Å²) in [6.07, 6.45) is 2.35. The normalized spacial score (nSPS) is 22.0. The Morgan fingerprint density at radius 3 is 2.43 bits per heavy atom. The van der Waals surface area contributed by atoms with Crippen LogP contribution in [0.4, 0.5) is 5.82 Å². The summed E-state index contributed by atoms with van der Waals surface area (Å²) in [6.45, 7) is 13.1. The van der Waals surface area contributed by atoms with E-state index in [0.29, 0.717) is 0 Å². The van der Waals surface area contributed by atoms with Crippen LogP contribution in [0.2, 0.25) is 0 Å². The molecule has 0 saturated carbocycles. The van der Waals surface area contributed by atoms with Gasteiger partial charge in [-0.05, 0) is 34.1 Å². The maximum atomic E-state index is 5.88. The molecule has 1 fully saturated rings. The molecule has 1 saturated heterocycles. The number of fused-ring (bicyclic) bond motifs is 1. The van der Waals surface area contributed by atoms with Crippen molar-refractivity contribution in [3.05, 3.63) is 11.5 Å². The van der Waals surface area contributed by atoms with Gasteiger partial charge in [-0.2, -0.15) is 5.10 Å². The number of anilines is 1. The molecular formula is C17H27N5O. The maximum Gasteiger partial charge on any atom is 0.158 e. The topological polar surface area (TPSA) is 56.1 Å². The monoisotopic (exact) mass is 317 g/mol. The molecule has 0 N–H and O–H groups in total. The van der Waals surface area contributed by atoms with Gasteiger partial charge in [0, 0.05) is 26.1 Å². The summed E-state index contributed by atoms with van der Waals surface area (Å²) >= 11 is 0. The van der Waals surface area contributed by atoms with Crippen molar-refractivity contribution in [3.8, 4) is 0 Å². The van der Waals surface area contributed by atoms with Crippen LogP contribution in [0.15, 0.2) is 0 Å². The quantitative estimate of drug-likeness (QED) is 0.868. The molecule has 23 heavy (non-hydrogen) atoms. The van der Waals surface area contributed by atoms with Gasteiger partial charge in [0.25, 0.3) is 0 Å². The summed E-state index contributed by atoms with van der Waals surface area (Å²) in [5.41, 5.74) is 3.04. The number of aryl methyl sites for hydroxylation is 3. The van der Waals surface area contributed by atoms with E-state index in [4.69, 9.17) is 14.7 Å². The van der Waals surface area contributed by atoms with E-state index in [1.807, 2.05) is 11.6 Å². The predicted octanol–water partition coefficient (Wildman–Crippen LogP) is 2.72. The van der Waals surface area contributed by atoms with Crippen molar-refractivity contribution in [1.29, 1.82) is 0 Å². The van der Waals surface area contributed by atoms with Crippen molar-refractivity contribution in [2.24, 2.45) is 0 Å². The van der Waals surface area contributed by atoms with Gasteiger partial charge < -0.3 is 9.64 Å². The minimum Gasteiger partial charge on any atom is -0.372 e. The largest absolute Gasteiger partial charge is 0.372 e. The Morgan fingerprint density at radius 1 is 1.13 bits per heavy atom. The Morgan fingerprint density at radius 2 is 1.83 bits per heavy atom. The summed E-state index contributed by atoms with van der Waals surface area (Å²) in [5.74, 6) is 1.93. The molecule has 0 radical (unpaired) electrons. The van der Waals surface area contributed by atoms with Crippen LogP contribution >= 0.6 is 0 Å². The lowest BCUT2D eigenvalue weighted by atomic mass is 10.2.